The molecule has 0 saturated carbocycles. The van der Waals surface area contributed by atoms with Crippen molar-refractivity contribution < 1.29 is 0 Å². The maximum Gasteiger partial charge on any atom is 0.0697 e. The fourth-order valence-electron chi connectivity index (χ4n) is 2.63. The third kappa shape index (κ3) is 3.84. The van der Waals surface area contributed by atoms with Crippen molar-refractivity contribution in [3.8, 4) is 5.69 Å². The molecule has 0 amide bonds. The van der Waals surface area contributed by atoms with E-state index in [1.807, 2.05) is 54.7 Å². The Morgan fingerprint density at radius 2 is 1.54 bits per heavy atom. The Morgan fingerprint density at radius 3 is 2.35 bits per heavy atom. The highest BCUT2D eigenvalue weighted by molar-refractivity contribution is 5.72. The van der Waals surface area contributed by atoms with Gasteiger partial charge < -0.3 is 5.32 Å². The Hall–Kier alpha value is -3.73. The van der Waals surface area contributed by atoms with Crippen molar-refractivity contribution in [2.24, 2.45) is 0 Å². The molecule has 0 aliphatic heterocycles. The molecule has 0 fully saturated rings. The molecule has 0 aliphatic carbocycles. The quantitative estimate of drug-likeness (QED) is 0.578. The van der Waals surface area contributed by atoms with Crippen LogP contribution in [0.5, 0.6) is 0 Å². The van der Waals surface area contributed by atoms with E-state index in [9.17, 15) is 0 Å². The summed E-state index contributed by atoms with van der Waals surface area (Å²) in [5.74, 6) is 0. The molecule has 4 rings (SSSR count). The molecule has 2 heterocycles. The molecule has 2 aromatic carbocycles. The zero-order valence-electron chi connectivity index (χ0n) is 14.0. The van der Waals surface area contributed by atoms with Crippen LogP contribution < -0.4 is 5.32 Å². The lowest BCUT2D eigenvalue weighted by molar-refractivity contribution is 0.803. The van der Waals surface area contributed by atoms with Gasteiger partial charge in [0.25, 0.3) is 0 Å². The highest BCUT2D eigenvalue weighted by Gasteiger charge is 2.00. The van der Waals surface area contributed by atoms with Crippen molar-refractivity contribution in [3.63, 3.8) is 0 Å². The smallest absolute Gasteiger partial charge is 0.0697 e. The minimum Gasteiger partial charge on any atom is -0.355 e. The summed E-state index contributed by atoms with van der Waals surface area (Å²) in [5, 5.41) is 11.3. The largest absolute Gasteiger partial charge is 0.355 e. The summed E-state index contributed by atoms with van der Waals surface area (Å²) in [5.41, 5.74) is 5.23. The molecule has 0 bridgehead atoms. The number of nitrogens with one attached hydrogen (secondary N) is 1. The molecule has 0 radical (unpaired) electrons. The minimum absolute atomic E-state index is 0.959. The van der Waals surface area contributed by atoms with E-state index < -0.39 is 0 Å². The van der Waals surface area contributed by atoms with Crippen LogP contribution in [0.25, 0.3) is 17.8 Å². The molecule has 0 atom stereocenters. The topological polar surface area (TPSA) is 55.6 Å². The molecule has 0 spiro atoms. The first kappa shape index (κ1) is 15.8. The van der Waals surface area contributed by atoms with Crippen molar-refractivity contribution in [1.29, 1.82) is 0 Å². The first-order valence-electron chi connectivity index (χ1n) is 8.29. The van der Waals surface area contributed by atoms with E-state index in [0.29, 0.717) is 0 Å². The lowest BCUT2D eigenvalue weighted by Crippen LogP contribution is -1.97. The number of nitrogens with zero attached hydrogens (tertiary/aromatic N) is 4. The molecular weight excluding hydrogens is 322 g/mol. The van der Waals surface area contributed by atoms with Gasteiger partial charge in [-0.15, -0.1) is 5.10 Å². The maximum atomic E-state index is 4.03. The molecule has 2 aromatic heterocycles. The molecule has 0 saturated heterocycles. The van der Waals surface area contributed by atoms with E-state index in [1.54, 1.807) is 23.3 Å². The van der Waals surface area contributed by atoms with Gasteiger partial charge in [0.2, 0.25) is 0 Å². The maximum absolute atomic E-state index is 4.03. The van der Waals surface area contributed by atoms with Crippen molar-refractivity contribution in [1.82, 2.24) is 20.0 Å². The summed E-state index contributed by atoms with van der Waals surface area (Å²) in [6.07, 6.45) is 11.2. The van der Waals surface area contributed by atoms with Gasteiger partial charge >= 0.3 is 0 Å². The van der Waals surface area contributed by atoms with E-state index in [-0.39, 0.29) is 0 Å². The standard InChI is InChI=1S/C21H17N5/c1-3-18(8-7-17-9-11-22-12-10-17)15-19(4-1)24-20-5-2-6-21(16-20)26-14-13-23-25-26/h1-16,24H/b8-7+. The second-order valence-electron chi connectivity index (χ2n) is 5.76. The number of hydrogen-bond donors (Lipinski definition) is 1. The fraction of sp³-hybridized carbons (Fsp3) is 0. The number of pyridine rings is 1. The van der Waals surface area contributed by atoms with Gasteiger partial charge in [0.1, 0.15) is 0 Å². The zero-order valence-corrected chi connectivity index (χ0v) is 14.0. The monoisotopic (exact) mass is 339 g/mol. The van der Waals surface area contributed by atoms with E-state index in [1.165, 1.54) is 0 Å². The van der Waals surface area contributed by atoms with E-state index in [4.69, 9.17) is 0 Å². The number of rotatable bonds is 5. The SMILES string of the molecule is C(=C\c1cccc(Nc2cccc(-n3ccnn3)c2)c1)/c1ccncc1. The van der Waals surface area contributed by atoms with Gasteiger partial charge in [-0.3, -0.25) is 4.98 Å². The Balaban J connectivity index is 1.52. The van der Waals surface area contributed by atoms with Gasteiger partial charge in [-0.1, -0.05) is 35.6 Å². The molecule has 4 aromatic rings. The van der Waals surface area contributed by atoms with Crippen LogP contribution in [0.15, 0.2) is 85.5 Å². The Labute approximate surface area is 151 Å². The van der Waals surface area contributed by atoms with Gasteiger partial charge in [0.05, 0.1) is 18.1 Å². The van der Waals surface area contributed by atoms with Gasteiger partial charge in [-0.2, -0.15) is 0 Å². The van der Waals surface area contributed by atoms with Crippen LogP contribution in [-0.2, 0) is 0 Å². The van der Waals surface area contributed by atoms with E-state index >= 15 is 0 Å². The Bertz CT molecular complexity index is 1010. The predicted molar refractivity (Wildman–Crippen MR) is 104 cm³/mol. The van der Waals surface area contributed by atoms with Crippen LogP contribution in [-0.4, -0.2) is 20.0 Å². The number of hydrogen-bond acceptors (Lipinski definition) is 4. The van der Waals surface area contributed by atoms with E-state index in [2.05, 4.69) is 44.9 Å². The fourth-order valence-corrected chi connectivity index (χ4v) is 2.63. The number of aromatic nitrogens is 4. The summed E-state index contributed by atoms with van der Waals surface area (Å²) in [6, 6.07) is 20.3. The van der Waals surface area contributed by atoms with Crippen molar-refractivity contribution >= 4 is 23.5 Å². The van der Waals surface area contributed by atoms with Gasteiger partial charge in [-0.25, -0.2) is 4.68 Å². The molecule has 0 unspecified atom stereocenters. The van der Waals surface area contributed by atoms with Crippen molar-refractivity contribution in [2.75, 3.05) is 5.32 Å². The van der Waals surface area contributed by atoms with Gasteiger partial charge in [0.15, 0.2) is 0 Å². The van der Waals surface area contributed by atoms with Crippen LogP contribution in [0.2, 0.25) is 0 Å². The van der Waals surface area contributed by atoms with Gasteiger partial charge in [-0.05, 0) is 53.6 Å². The summed E-state index contributed by atoms with van der Waals surface area (Å²) in [7, 11) is 0. The lowest BCUT2D eigenvalue weighted by atomic mass is 10.1. The molecule has 26 heavy (non-hydrogen) atoms. The van der Waals surface area contributed by atoms with Crippen molar-refractivity contribution in [3.05, 3.63) is 96.6 Å². The third-order valence-corrected chi connectivity index (χ3v) is 3.88. The van der Waals surface area contributed by atoms with Crippen LogP contribution in [0.4, 0.5) is 11.4 Å². The van der Waals surface area contributed by atoms with Crippen LogP contribution in [0.3, 0.4) is 0 Å². The summed E-state index contributed by atoms with van der Waals surface area (Å²) in [6.45, 7) is 0. The molecule has 1 N–H and O–H groups in total. The molecular formula is C21H17N5. The second-order valence-corrected chi connectivity index (χ2v) is 5.76. The minimum atomic E-state index is 0.959. The average Bonchev–Trinajstić information content (AvgIpc) is 3.23. The van der Waals surface area contributed by atoms with Crippen LogP contribution in [0, 0.1) is 0 Å². The van der Waals surface area contributed by atoms with Crippen LogP contribution >= 0.6 is 0 Å². The number of benzene rings is 2. The summed E-state index contributed by atoms with van der Waals surface area (Å²) >= 11 is 0. The lowest BCUT2D eigenvalue weighted by Gasteiger charge is -2.09. The summed E-state index contributed by atoms with van der Waals surface area (Å²) < 4.78 is 1.74. The first-order chi connectivity index (χ1) is 12.9. The molecule has 5 nitrogen and oxygen atoms in total. The second kappa shape index (κ2) is 7.44. The molecule has 5 heteroatoms. The Morgan fingerprint density at radius 1 is 0.769 bits per heavy atom. The molecule has 0 aliphatic rings. The van der Waals surface area contributed by atoms with Gasteiger partial charge in [0, 0.05) is 23.8 Å². The van der Waals surface area contributed by atoms with E-state index in [0.717, 1.165) is 28.2 Å². The predicted octanol–water partition coefficient (Wildman–Crippen LogP) is 4.58. The first-order valence-corrected chi connectivity index (χ1v) is 8.29. The molecule has 126 valence electrons. The average molecular weight is 339 g/mol. The highest BCUT2D eigenvalue weighted by Crippen LogP contribution is 2.21. The third-order valence-electron chi connectivity index (χ3n) is 3.88. The highest BCUT2D eigenvalue weighted by atomic mass is 15.4. The van der Waals surface area contributed by atoms with Crippen molar-refractivity contribution in [2.45, 2.75) is 0 Å². The van der Waals surface area contributed by atoms with Crippen LogP contribution in [0.1, 0.15) is 11.1 Å². The summed E-state index contributed by atoms with van der Waals surface area (Å²) in [4.78, 5) is 4.03. The normalized spacial score (nSPS) is 10.9. The Kier molecular flexibility index (Phi) is 4.52. The zero-order chi connectivity index (χ0) is 17.6. The number of anilines is 2.